The van der Waals surface area contributed by atoms with Crippen LogP contribution in [0.25, 0.3) is 10.9 Å². The number of hydrogen-bond donors (Lipinski definition) is 3. The van der Waals surface area contributed by atoms with E-state index in [4.69, 9.17) is 4.74 Å². The number of carbonyl (C=O) groups excluding carboxylic acids is 1. The molecule has 1 saturated heterocycles. The second kappa shape index (κ2) is 7.04. The van der Waals surface area contributed by atoms with Gasteiger partial charge >= 0.3 is 6.03 Å². The molecule has 2 aromatic rings. The topological polar surface area (TPSA) is 66.2 Å². The summed E-state index contributed by atoms with van der Waals surface area (Å²) in [5.41, 5.74) is 1.86. The number of hydrogen-bond acceptors (Lipinski definition) is 2. The lowest BCUT2D eigenvalue weighted by Crippen LogP contribution is -2.47. The van der Waals surface area contributed by atoms with E-state index in [9.17, 15) is 9.18 Å². The van der Waals surface area contributed by atoms with E-state index in [0.29, 0.717) is 25.0 Å². The average Bonchev–Trinajstić information content (AvgIpc) is 3.38. The Labute approximate surface area is 146 Å². The Morgan fingerprint density at radius 3 is 3.04 bits per heavy atom. The summed E-state index contributed by atoms with van der Waals surface area (Å²) < 4.78 is 19.0. The van der Waals surface area contributed by atoms with Crippen LogP contribution >= 0.6 is 0 Å². The van der Waals surface area contributed by atoms with Gasteiger partial charge in [-0.3, -0.25) is 0 Å². The van der Waals surface area contributed by atoms with E-state index >= 15 is 0 Å². The van der Waals surface area contributed by atoms with Gasteiger partial charge in [0.05, 0.1) is 6.10 Å². The highest BCUT2D eigenvalue weighted by Gasteiger charge is 2.36. The Hall–Kier alpha value is -2.08. The molecule has 1 aliphatic heterocycles. The van der Waals surface area contributed by atoms with Gasteiger partial charge in [0.1, 0.15) is 5.82 Å². The van der Waals surface area contributed by atoms with Gasteiger partial charge in [0.2, 0.25) is 0 Å². The quantitative estimate of drug-likeness (QED) is 0.779. The Kier molecular flexibility index (Phi) is 4.61. The molecule has 5 nitrogen and oxygen atoms in total. The Bertz CT molecular complexity index is 756. The fourth-order valence-corrected chi connectivity index (χ4v) is 3.67. The van der Waals surface area contributed by atoms with Crippen LogP contribution < -0.4 is 10.6 Å². The van der Waals surface area contributed by atoms with Crippen molar-refractivity contribution in [3.63, 3.8) is 0 Å². The minimum atomic E-state index is -0.251. The smallest absolute Gasteiger partial charge is 0.315 e. The van der Waals surface area contributed by atoms with Gasteiger partial charge in [-0.2, -0.15) is 0 Å². The van der Waals surface area contributed by atoms with Gasteiger partial charge < -0.3 is 20.4 Å². The first kappa shape index (κ1) is 16.4. The number of benzene rings is 1. The third-order valence-electron chi connectivity index (χ3n) is 5.21. The van der Waals surface area contributed by atoms with E-state index in [1.54, 1.807) is 6.07 Å². The van der Waals surface area contributed by atoms with Crippen molar-refractivity contribution in [1.82, 2.24) is 15.6 Å². The molecule has 25 heavy (non-hydrogen) atoms. The fourth-order valence-electron chi connectivity index (χ4n) is 3.67. The molecule has 1 saturated carbocycles. The zero-order valence-corrected chi connectivity index (χ0v) is 14.2. The zero-order chi connectivity index (χ0) is 17.2. The summed E-state index contributed by atoms with van der Waals surface area (Å²) in [5, 5.41) is 6.99. The van der Waals surface area contributed by atoms with Crippen LogP contribution in [-0.4, -0.2) is 36.3 Å². The molecule has 0 bridgehead atoms. The summed E-state index contributed by atoms with van der Waals surface area (Å²) in [5.74, 6) is 0.457. The average molecular weight is 345 g/mol. The van der Waals surface area contributed by atoms with Crippen molar-refractivity contribution in [3.8, 4) is 0 Å². The molecule has 2 heterocycles. The summed E-state index contributed by atoms with van der Waals surface area (Å²) >= 11 is 0. The predicted octanol–water partition coefficient (Wildman–Crippen LogP) is 3.11. The maximum absolute atomic E-state index is 13.2. The van der Waals surface area contributed by atoms with E-state index in [1.807, 2.05) is 6.20 Å². The molecular weight excluding hydrogens is 321 g/mol. The number of urea groups is 1. The van der Waals surface area contributed by atoms with E-state index in [1.165, 1.54) is 25.0 Å². The lowest BCUT2D eigenvalue weighted by molar-refractivity contribution is -0.00913. The third kappa shape index (κ3) is 3.95. The molecule has 1 aliphatic carbocycles. The SMILES string of the molecule is O=C(NCCc1c[nH]c2cc(F)ccc12)N[C@H]1CCO[C@H](C2CC2)C1. The maximum atomic E-state index is 13.2. The summed E-state index contributed by atoms with van der Waals surface area (Å²) in [4.78, 5) is 15.2. The highest BCUT2D eigenvalue weighted by Crippen LogP contribution is 2.38. The van der Waals surface area contributed by atoms with Gasteiger partial charge in [-0.1, -0.05) is 0 Å². The molecule has 2 atom stereocenters. The van der Waals surface area contributed by atoms with Crippen LogP contribution in [-0.2, 0) is 11.2 Å². The molecule has 4 rings (SSSR count). The lowest BCUT2D eigenvalue weighted by atomic mass is 10.0. The second-order valence-corrected chi connectivity index (χ2v) is 7.12. The summed E-state index contributed by atoms with van der Waals surface area (Å²) in [6.07, 6.45) is 7.23. The van der Waals surface area contributed by atoms with E-state index in [0.717, 1.165) is 35.9 Å². The van der Waals surface area contributed by atoms with Crippen LogP contribution in [0.15, 0.2) is 24.4 Å². The predicted molar refractivity (Wildman–Crippen MR) is 94.0 cm³/mol. The number of H-pyrrole nitrogens is 1. The van der Waals surface area contributed by atoms with Crippen molar-refractivity contribution in [3.05, 3.63) is 35.8 Å². The number of halogens is 1. The first-order valence-corrected chi connectivity index (χ1v) is 9.10. The molecule has 0 unspecified atom stereocenters. The molecule has 6 heteroatoms. The molecule has 134 valence electrons. The van der Waals surface area contributed by atoms with E-state index in [2.05, 4.69) is 15.6 Å². The van der Waals surface area contributed by atoms with E-state index < -0.39 is 0 Å². The molecule has 0 spiro atoms. The number of amides is 2. The fraction of sp³-hybridized carbons (Fsp3) is 0.526. The minimum absolute atomic E-state index is 0.118. The Morgan fingerprint density at radius 1 is 1.32 bits per heavy atom. The van der Waals surface area contributed by atoms with Crippen molar-refractivity contribution in [1.29, 1.82) is 0 Å². The molecular formula is C19H24FN3O2. The number of nitrogens with one attached hydrogen (secondary N) is 3. The normalized spacial score (nSPS) is 23.6. The first-order chi connectivity index (χ1) is 12.2. The lowest BCUT2D eigenvalue weighted by Gasteiger charge is -2.30. The first-order valence-electron chi connectivity index (χ1n) is 9.10. The van der Waals surface area contributed by atoms with Gasteiger partial charge in [0.25, 0.3) is 0 Å². The van der Waals surface area contributed by atoms with Gasteiger partial charge in [-0.05, 0) is 61.8 Å². The number of aromatic nitrogens is 1. The molecule has 3 N–H and O–H groups in total. The molecule has 1 aromatic carbocycles. The highest BCUT2D eigenvalue weighted by molar-refractivity contribution is 5.83. The van der Waals surface area contributed by atoms with Gasteiger partial charge in [0.15, 0.2) is 0 Å². The number of aromatic amines is 1. The van der Waals surface area contributed by atoms with Crippen LogP contribution in [0.5, 0.6) is 0 Å². The minimum Gasteiger partial charge on any atom is -0.378 e. The molecule has 2 aliphatic rings. The zero-order valence-electron chi connectivity index (χ0n) is 14.2. The summed E-state index contributed by atoms with van der Waals surface area (Å²) in [6, 6.07) is 4.81. The van der Waals surface area contributed by atoms with Crippen molar-refractivity contribution >= 4 is 16.9 Å². The van der Waals surface area contributed by atoms with Gasteiger partial charge in [-0.25, -0.2) is 9.18 Å². The van der Waals surface area contributed by atoms with Crippen LogP contribution in [0.3, 0.4) is 0 Å². The third-order valence-corrected chi connectivity index (χ3v) is 5.21. The van der Waals surface area contributed by atoms with Crippen molar-refractivity contribution < 1.29 is 13.9 Å². The summed E-state index contributed by atoms with van der Waals surface area (Å²) in [6.45, 7) is 1.28. The molecule has 2 fully saturated rings. The van der Waals surface area contributed by atoms with Crippen molar-refractivity contribution in [2.24, 2.45) is 5.92 Å². The monoisotopic (exact) mass is 345 g/mol. The summed E-state index contributed by atoms with van der Waals surface area (Å²) in [7, 11) is 0. The second-order valence-electron chi connectivity index (χ2n) is 7.12. The molecule has 1 aromatic heterocycles. The van der Waals surface area contributed by atoms with Crippen LogP contribution in [0.2, 0.25) is 0 Å². The van der Waals surface area contributed by atoms with Gasteiger partial charge in [0, 0.05) is 36.3 Å². The highest BCUT2D eigenvalue weighted by atomic mass is 19.1. The van der Waals surface area contributed by atoms with Gasteiger partial charge in [-0.15, -0.1) is 0 Å². The standard InChI is InChI=1S/C19H24FN3O2/c20-14-3-4-16-13(11-22-17(16)9-14)5-7-21-19(24)23-15-6-8-25-18(10-15)12-1-2-12/h3-4,9,11-12,15,18,22H,1-2,5-8,10H2,(H2,21,23,24)/t15-,18-/m0/s1. The number of fused-ring (bicyclic) bond motifs is 1. The maximum Gasteiger partial charge on any atom is 0.315 e. The number of ether oxygens (including phenoxy) is 1. The van der Waals surface area contributed by atoms with Crippen LogP contribution in [0.4, 0.5) is 9.18 Å². The van der Waals surface area contributed by atoms with Crippen LogP contribution in [0, 0.1) is 11.7 Å². The number of rotatable bonds is 5. The van der Waals surface area contributed by atoms with Crippen molar-refractivity contribution in [2.45, 2.75) is 44.2 Å². The molecule has 0 radical (unpaired) electrons. The Morgan fingerprint density at radius 2 is 2.20 bits per heavy atom. The van der Waals surface area contributed by atoms with Crippen molar-refractivity contribution in [2.75, 3.05) is 13.2 Å². The largest absolute Gasteiger partial charge is 0.378 e. The van der Waals surface area contributed by atoms with E-state index in [-0.39, 0.29) is 17.9 Å². The van der Waals surface area contributed by atoms with Crippen LogP contribution in [0.1, 0.15) is 31.2 Å². The molecule has 2 amide bonds. The Balaban J connectivity index is 1.24. The number of carbonyl (C=O) groups is 1.